The number of rotatable bonds is 3. The van der Waals surface area contributed by atoms with Crippen molar-refractivity contribution in [2.75, 3.05) is 13.1 Å². The maximum absolute atomic E-state index is 12.2. The summed E-state index contributed by atoms with van der Waals surface area (Å²) >= 11 is 0. The van der Waals surface area contributed by atoms with Crippen LogP contribution in [-0.2, 0) is 0 Å². The molecule has 1 saturated carbocycles. The molecular weight excluding hydrogens is 252 g/mol. The fraction of sp³-hybridized carbons (Fsp3) is 0.733. The van der Waals surface area contributed by atoms with Gasteiger partial charge in [-0.25, -0.2) is 0 Å². The fourth-order valence-corrected chi connectivity index (χ4v) is 3.25. The van der Waals surface area contributed by atoms with E-state index in [1.807, 2.05) is 6.07 Å². The van der Waals surface area contributed by atoms with Gasteiger partial charge in [0.25, 0.3) is 5.91 Å². The van der Waals surface area contributed by atoms with E-state index in [1.165, 1.54) is 12.8 Å². The Morgan fingerprint density at radius 1 is 1.30 bits per heavy atom. The molecule has 0 radical (unpaired) electrons. The largest absolute Gasteiger partial charge is 0.348 e. The zero-order chi connectivity index (χ0) is 13.9. The molecule has 1 saturated heterocycles. The Hall–Kier alpha value is -1.36. The quantitative estimate of drug-likeness (QED) is 0.788. The number of amides is 1. The highest BCUT2D eigenvalue weighted by Gasteiger charge is 2.23. The summed E-state index contributed by atoms with van der Waals surface area (Å²) in [7, 11) is 0. The molecule has 2 aliphatic rings. The van der Waals surface area contributed by atoms with Crippen LogP contribution in [0.25, 0.3) is 0 Å². The van der Waals surface area contributed by atoms with Gasteiger partial charge in [-0.15, -0.1) is 0 Å². The molecule has 0 spiro atoms. The molecule has 5 heteroatoms. The molecule has 1 amide bonds. The minimum Gasteiger partial charge on any atom is -0.348 e. The molecule has 20 heavy (non-hydrogen) atoms. The second kappa shape index (κ2) is 5.95. The van der Waals surface area contributed by atoms with Crippen LogP contribution in [0.2, 0.25) is 0 Å². The number of aromatic amines is 1. The summed E-state index contributed by atoms with van der Waals surface area (Å²) < 4.78 is 0. The van der Waals surface area contributed by atoms with Crippen LogP contribution in [0.15, 0.2) is 6.07 Å². The topological polar surface area (TPSA) is 69.8 Å². The molecule has 110 valence electrons. The molecule has 3 rings (SSSR count). The summed E-state index contributed by atoms with van der Waals surface area (Å²) in [6.07, 6.45) is 5.73. The highest BCUT2D eigenvalue weighted by molar-refractivity contribution is 5.92. The van der Waals surface area contributed by atoms with E-state index in [0.717, 1.165) is 44.0 Å². The molecule has 0 aromatic carbocycles. The van der Waals surface area contributed by atoms with Gasteiger partial charge in [0.2, 0.25) is 0 Å². The Labute approximate surface area is 119 Å². The Morgan fingerprint density at radius 3 is 2.80 bits per heavy atom. The van der Waals surface area contributed by atoms with Crippen LogP contribution in [0.3, 0.4) is 0 Å². The van der Waals surface area contributed by atoms with Crippen molar-refractivity contribution in [1.29, 1.82) is 0 Å². The molecule has 2 heterocycles. The lowest BCUT2D eigenvalue weighted by Crippen LogP contribution is -2.37. The van der Waals surface area contributed by atoms with Crippen LogP contribution in [0.1, 0.15) is 61.1 Å². The second-order valence-corrected chi connectivity index (χ2v) is 6.33. The summed E-state index contributed by atoms with van der Waals surface area (Å²) in [5, 5.41) is 13.7. The normalized spacial score (nSPS) is 30.4. The fourth-order valence-electron chi connectivity index (χ4n) is 3.25. The van der Waals surface area contributed by atoms with Crippen molar-refractivity contribution >= 4 is 5.91 Å². The molecule has 3 N–H and O–H groups in total. The molecule has 1 aliphatic heterocycles. The molecule has 5 nitrogen and oxygen atoms in total. The SMILES string of the molecule is CC1CCC(NC(=O)c2cc(C3CCNC3)[nH]n2)CC1. The molecule has 0 bridgehead atoms. The van der Waals surface area contributed by atoms with Gasteiger partial charge in [0.05, 0.1) is 0 Å². The first-order valence-electron chi connectivity index (χ1n) is 7.79. The highest BCUT2D eigenvalue weighted by atomic mass is 16.2. The van der Waals surface area contributed by atoms with Gasteiger partial charge in [-0.2, -0.15) is 5.10 Å². The minimum atomic E-state index is -0.0296. The Kier molecular flexibility index (Phi) is 4.05. The number of hydrogen-bond acceptors (Lipinski definition) is 3. The van der Waals surface area contributed by atoms with E-state index in [0.29, 0.717) is 17.7 Å². The average molecular weight is 276 g/mol. The first-order valence-corrected chi connectivity index (χ1v) is 7.79. The summed E-state index contributed by atoms with van der Waals surface area (Å²) in [6.45, 7) is 4.31. The van der Waals surface area contributed by atoms with Crippen LogP contribution < -0.4 is 10.6 Å². The molecule has 1 aliphatic carbocycles. The first kappa shape index (κ1) is 13.6. The maximum atomic E-state index is 12.2. The van der Waals surface area contributed by atoms with Gasteiger partial charge in [-0.3, -0.25) is 9.89 Å². The van der Waals surface area contributed by atoms with Gasteiger partial charge in [0.1, 0.15) is 5.69 Å². The van der Waals surface area contributed by atoms with E-state index >= 15 is 0 Å². The van der Waals surface area contributed by atoms with Gasteiger partial charge in [-0.1, -0.05) is 6.92 Å². The van der Waals surface area contributed by atoms with Crippen molar-refractivity contribution in [2.45, 2.75) is 51.0 Å². The van der Waals surface area contributed by atoms with Gasteiger partial charge >= 0.3 is 0 Å². The summed E-state index contributed by atoms with van der Waals surface area (Å²) in [6, 6.07) is 2.24. The average Bonchev–Trinajstić information content (AvgIpc) is 3.11. The Balaban J connectivity index is 1.57. The van der Waals surface area contributed by atoms with Crippen molar-refractivity contribution in [1.82, 2.24) is 20.8 Å². The zero-order valence-corrected chi connectivity index (χ0v) is 12.1. The number of nitrogens with zero attached hydrogens (tertiary/aromatic N) is 1. The Bertz CT molecular complexity index is 456. The summed E-state index contributed by atoms with van der Waals surface area (Å²) in [4.78, 5) is 12.2. The van der Waals surface area contributed by atoms with Crippen LogP contribution >= 0.6 is 0 Å². The van der Waals surface area contributed by atoms with Crippen LogP contribution in [0.4, 0.5) is 0 Å². The first-order chi connectivity index (χ1) is 9.72. The van der Waals surface area contributed by atoms with Crippen molar-refractivity contribution in [2.24, 2.45) is 5.92 Å². The van der Waals surface area contributed by atoms with Crippen LogP contribution in [0, 0.1) is 5.92 Å². The monoisotopic (exact) mass is 276 g/mol. The number of carbonyl (C=O) groups excluding carboxylic acids is 1. The third-order valence-corrected chi connectivity index (χ3v) is 4.68. The number of hydrogen-bond donors (Lipinski definition) is 3. The van der Waals surface area contributed by atoms with E-state index in [4.69, 9.17) is 0 Å². The van der Waals surface area contributed by atoms with Crippen molar-refractivity contribution in [3.63, 3.8) is 0 Å². The number of H-pyrrole nitrogens is 1. The molecule has 1 aromatic rings. The maximum Gasteiger partial charge on any atom is 0.271 e. The van der Waals surface area contributed by atoms with E-state index in [2.05, 4.69) is 27.8 Å². The standard InChI is InChI=1S/C15H24N4O/c1-10-2-4-12(5-3-10)17-15(20)14-8-13(18-19-14)11-6-7-16-9-11/h8,10-12,16H,2-7,9H2,1H3,(H,17,20)(H,18,19). The van der Waals surface area contributed by atoms with Crippen LogP contribution in [-0.4, -0.2) is 35.2 Å². The molecule has 1 unspecified atom stereocenters. The summed E-state index contributed by atoms with van der Waals surface area (Å²) in [5.74, 6) is 1.24. The number of carbonyl (C=O) groups is 1. The van der Waals surface area contributed by atoms with E-state index in [1.54, 1.807) is 0 Å². The number of nitrogens with one attached hydrogen (secondary N) is 3. The minimum absolute atomic E-state index is 0.0296. The van der Waals surface area contributed by atoms with E-state index in [9.17, 15) is 4.79 Å². The van der Waals surface area contributed by atoms with Crippen molar-refractivity contribution in [3.8, 4) is 0 Å². The zero-order valence-electron chi connectivity index (χ0n) is 12.1. The van der Waals surface area contributed by atoms with Gasteiger partial charge in [-0.05, 0) is 50.6 Å². The van der Waals surface area contributed by atoms with Crippen molar-refractivity contribution in [3.05, 3.63) is 17.5 Å². The molecule has 1 atom stereocenters. The smallest absolute Gasteiger partial charge is 0.271 e. The Morgan fingerprint density at radius 2 is 2.10 bits per heavy atom. The molecular formula is C15H24N4O. The van der Waals surface area contributed by atoms with E-state index in [-0.39, 0.29) is 5.91 Å². The predicted octanol–water partition coefficient (Wildman–Crippen LogP) is 1.80. The second-order valence-electron chi connectivity index (χ2n) is 6.33. The molecule has 2 fully saturated rings. The highest BCUT2D eigenvalue weighted by Crippen LogP contribution is 2.24. The van der Waals surface area contributed by atoms with E-state index < -0.39 is 0 Å². The third-order valence-electron chi connectivity index (χ3n) is 4.68. The van der Waals surface area contributed by atoms with Crippen molar-refractivity contribution < 1.29 is 4.79 Å². The van der Waals surface area contributed by atoms with Gasteiger partial charge in [0, 0.05) is 24.2 Å². The lowest BCUT2D eigenvalue weighted by Gasteiger charge is -2.26. The van der Waals surface area contributed by atoms with Gasteiger partial charge in [0.15, 0.2) is 0 Å². The molecule has 1 aromatic heterocycles. The lowest BCUT2D eigenvalue weighted by molar-refractivity contribution is 0.0918. The van der Waals surface area contributed by atoms with Gasteiger partial charge < -0.3 is 10.6 Å². The summed E-state index contributed by atoms with van der Waals surface area (Å²) in [5.41, 5.74) is 1.61. The van der Waals surface area contributed by atoms with Crippen LogP contribution in [0.5, 0.6) is 0 Å². The third kappa shape index (κ3) is 3.03. The number of aromatic nitrogens is 2. The predicted molar refractivity (Wildman–Crippen MR) is 77.7 cm³/mol. The lowest BCUT2D eigenvalue weighted by atomic mass is 9.87.